The molecule has 0 aliphatic carbocycles. The Bertz CT molecular complexity index is 1120. The second kappa shape index (κ2) is 7.78. The smallest absolute Gasteiger partial charge is 0.266 e. The topological polar surface area (TPSA) is 64.1 Å². The summed E-state index contributed by atoms with van der Waals surface area (Å²) in [5.74, 6) is 0.388. The average Bonchev–Trinajstić information content (AvgIpc) is 3.17. The molecule has 4 aromatic rings. The lowest BCUT2D eigenvalue weighted by molar-refractivity contribution is -0.122. The first-order valence-electron chi connectivity index (χ1n) is 8.95. The van der Waals surface area contributed by atoms with E-state index in [9.17, 15) is 4.79 Å². The molecule has 5 nitrogen and oxygen atoms in total. The SMILES string of the molecule is Cc1ccc(-c2nnc(NC(=O)[C@@H](C)Oc3ccc4ccccc4c3)s2)cc1. The summed E-state index contributed by atoms with van der Waals surface area (Å²) in [6, 6.07) is 21.8. The Morgan fingerprint density at radius 2 is 1.75 bits per heavy atom. The van der Waals surface area contributed by atoms with Crippen LogP contribution in [-0.4, -0.2) is 22.2 Å². The molecule has 0 fully saturated rings. The molecule has 1 heterocycles. The predicted molar refractivity (Wildman–Crippen MR) is 113 cm³/mol. The highest BCUT2D eigenvalue weighted by Crippen LogP contribution is 2.27. The van der Waals surface area contributed by atoms with Crippen LogP contribution in [0.1, 0.15) is 12.5 Å². The molecule has 0 radical (unpaired) electrons. The fourth-order valence-corrected chi connectivity index (χ4v) is 3.54. The maximum atomic E-state index is 12.5. The number of aryl methyl sites for hydroxylation is 1. The molecule has 0 spiro atoms. The van der Waals surface area contributed by atoms with Gasteiger partial charge >= 0.3 is 0 Å². The number of ether oxygens (including phenoxy) is 1. The van der Waals surface area contributed by atoms with Crippen molar-refractivity contribution < 1.29 is 9.53 Å². The summed E-state index contributed by atoms with van der Waals surface area (Å²) in [5, 5.41) is 14.4. The number of hydrogen-bond donors (Lipinski definition) is 1. The lowest BCUT2D eigenvalue weighted by atomic mass is 10.1. The highest BCUT2D eigenvalue weighted by atomic mass is 32.1. The molecule has 4 rings (SSSR count). The fourth-order valence-electron chi connectivity index (χ4n) is 2.79. The minimum atomic E-state index is -0.659. The van der Waals surface area contributed by atoms with Crippen LogP contribution < -0.4 is 10.1 Å². The van der Waals surface area contributed by atoms with E-state index in [4.69, 9.17) is 4.74 Å². The van der Waals surface area contributed by atoms with Crippen molar-refractivity contribution in [3.8, 4) is 16.3 Å². The van der Waals surface area contributed by atoms with E-state index in [2.05, 4.69) is 15.5 Å². The Hall–Kier alpha value is -3.25. The van der Waals surface area contributed by atoms with Crippen molar-refractivity contribution in [2.24, 2.45) is 0 Å². The summed E-state index contributed by atoms with van der Waals surface area (Å²) >= 11 is 1.34. The van der Waals surface area contributed by atoms with Gasteiger partial charge in [-0.2, -0.15) is 0 Å². The lowest BCUT2D eigenvalue weighted by Crippen LogP contribution is -2.30. The van der Waals surface area contributed by atoms with Gasteiger partial charge in [0, 0.05) is 5.56 Å². The Labute approximate surface area is 167 Å². The van der Waals surface area contributed by atoms with Crippen molar-refractivity contribution in [1.82, 2.24) is 10.2 Å². The summed E-state index contributed by atoms with van der Waals surface area (Å²) < 4.78 is 5.81. The zero-order chi connectivity index (χ0) is 19.5. The molecular weight excluding hydrogens is 370 g/mol. The second-order valence-electron chi connectivity index (χ2n) is 6.54. The van der Waals surface area contributed by atoms with Gasteiger partial charge < -0.3 is 4.74 Å². The number of amides is 1. The normalized spacial score (nSPS) is 11.9. The maximum Gasteiger partial charge on any atom is 0.266 e. The molecule has 0 aliphatic heterocycles. The largest absolute Gasteiger partial charge is 0.481 e. The Kier molecular flexibility index (Phi) is 5.04. The Morgan fingerprint density at radius 3 is 2.54 bits per heavy atom. The average molecular weight is 389 g/mol. The summed E-state index contributed by atoms with van der Waals surface area (Å²) in [7, 11) is 0. The molecule has 0 saturated heterocycles. The minimum absolute atomic E-state index is 0.264. The van der Waals surface area contributed by atoms with E-state index in [0.717, 1.165) is 21.3 Å². The van der Waals surface area contributed by atoms with E-state index in [-0.39, 0.29) is 5.91 Å². The number of anilines is 1. The summed E-state index contributed by atoms with van der Waals surface area (Å²) in [4.78, 5) is 12.5. The van der Waals surface area contributed by atoms with E-state index in [0.29, 0.717) is 10.9 Å². The van der Waals surface area contributed by atoms with Crippen molar-refractivity contribution >= 4 is 33.1 Å². The number of carbonyl (C=O) groups excluding carboxylic acids is 1. The van der Waals surface area contributed by atoms with Crippen LogP contribution >= 0.6 is 11.3 Å². The predicted octanol–water partition coefficient (Wildman–Crippen LogP) is 5.07. The number of fused-ring (bicyclic) bond motifs is 1. The first-order chi connectivity index (χ1) is 13.6. The molecule has 1 aromatic heterocycles. The van der Waals surface area contributed by atoms with Crippen LogP contribution in [0.2, 0.25) is 0 Å². The number of aromatic nitrogens is 2. The lowest BCUT2D eigenvalue weighted by Gasteiger charge is -2.14. The third-order valence-corrected chi connectivity index (χ3v) is 5.24. The van der Waals surface area contributed by atoms with Gasteiger partial charge in [0.15, 0.2) is 6.10 Å². The molecule has 6 heteroatoms. The molecular formula is C22H19N3O2S. The Balaban J connectivity index is 1.42. The van der Waals surface area contributed by atoms with Gasteiger partial charge in [-0.3, -0.25) is 10.1 Å². The quantitative estimate of drug-likeness (QED) is 0.517. The minimum Gasteiger partial charge on any atom is -0.481 e. The van der Waals surface area contributed by atoms with Gasteiger partial charge in [-0.1, -0.05) is 71.5 Å². The molecule has 0 bridgehead atoms. The number of rotatable bonds is 5. The van der Waals surface area contributed by atoms with E-state index < -0.39 is 6.10 Å². The third kappa shape index (κ3) is 4.02. The number of hydrogen-bond acceptors (Lipinski definition) is 5. The van der Waals surface area contributed by atoms with Gasteiger partial charge in [0.25, 0.3) is 5.91 Å². The van der Waals surface area contributed by atoms with Gasteiger partial charge in [-0.15, -0.1) is 10.2 Å². The molecule has 28 heavy (non-hydrogen) atoms. The molecule has 0 unspecified atom stereocenters. The molecule has 1 N–H and O–H groups in total. The standard InChI is InChI=1S/C22H19N3O2S/c1-14-7-9-17(10-8-14)21-24-25-22(28-21)23-20(26)15(2)27-19-12-11-16-5-3-4-6-18(16)13-19/h3-13,15H,1-2H3,(H,23,25,26)/t15-/m1/s1. The highest BCUT2D eigenvalue weighted by Gasteiger charge is 2.17. The van der Waals surface area contributed by atoms with Crippen LogP contribution in [0.25, 0.3) is 21.3 Å². The van der Waals surface area contributed by atoms with E-state index in [1.165, 1.54) is 16.9 Å². The molecule has 0 aliphatic rings. The van der Waals surface area contributed by atoms with E-state index >= 15 is 0 Å². The first-order valence-corrected chi connectivity index (χ1v) is 9.77. The van der Waals surface area contributed by atoms with Crippen molar-refractivity contribution in [3.63, 3.8) is 0 Å². The molecule has 3 aromatic carbocycles. The van der Waals surface area contributed by atoms with Gasteiger partial charge in [-0.05, 0) is 36.8 Å². The van der Waals surface area contributed by atoms with Crippen molar-refractivity contribution in [2.75, 3.05) is 5.32 Å². The van der Waals surface area contributed by atoms with Gasteiger partial charge in [0.2, 0.25) is 5.13 Å². The van der Waals surface area contributed by atoms with Crippen molar-refractivity contribution in [3.05, 3.63) is 72.3 Å². The number of nitrogens with zero attached hydrogens (tertiary/aromatic N) is 2. The van der Waals surface area contributed by atoms with Gasteiger partial charge in [-0.25, -0.2) is 0 Å². The number of nitrogens with one attached hydrogen (secondary N) is 1. The Morgan fingerprint density at radius 1 is 1.00 bits per heavy atom. The first kappa shape index (κ1) is 18.1. The fraction of sp³-hybridized carbons (Fsp3) is 0.136. The zero-order valence-electron chi connectivity index (χ0n) is 15.5. The van der Waals surface area contributed by atoms with Crippen molar-refractivity contribution in [2.45, 2.75) is 20.0 Å². The summed E-state index contributed by atoms with van der Waals surface area (Å²) in [6.07, 6.45) is -0.659. The second-order valence-corrected chi connectivity index (χ2v) is 7.51. The molecule has 140 valence electrons. The van der Waals surface area contributed by atoms with Crippen LogP contribution in [0.3, 0.4) is 0 Å². The molecule has 1 atom stereocenters. The van der Waals surface area contributed by atoms with Crippen LogP contribution in [-0.2, 0) is 4.79 Å². The molecule has 0 saturated carbocycles. The van der Waals surface area contributed by atoms with E-state index in [1.54, 1.807) is 6.92 Å². The summed E-state index contributed by atoms with van der Waals surface area (Å²) in [5.41, 5.74) is 2.16. The van der Waals surface area contributed by atoms with Gasteiger partial charge in [0.05, 0.1) is 0 Å². The van der Waals surface area contributed by atoms with Crippen LogP contribution in [0, 0.1) is 6.92 Å². The highest BCUT2D eigenvalue weighted by molar-refractivity contribution is 7.18. The molecule has 1 amide bonds. The zero-order valence-corrected chi connectivity index (χ0v) is 16.4. The monoisotopic (exact) mass is 389 g/mol. The van der Waals surface area contributed by atoms with Gasteiger partial charge in [0.1, 0.15) is 10.8 Å². The van der Waals surface area contributed by atoms with Crippen LogP contribution in [0.4, 0.5) is 5.13 Å². The number of carbonyl (C=O) groups is 1. The maximum absolute atomic E-state index is 12.5. The third-order valence-electron chi connectivity index (χ3n) is 4.36. The summed E-state index contributed by atoms with van der Waals surface area (Å²) in [6.45, 7) is 3.75. The van der Waals surface area contributed by atoms with Crippen molar-refractivity contribution in [1.29, 1.82) is 0 Å². The van der Waals surface area contributed by atoms with E-state index in [1.807, 2.05) is 73.7 Å². The van der Waals surface area contributed by atoms with Crippen LogP contribution in [0.15, 0.2) is 66.7 Å². The van der Waals surface area contributed by atoms with Crippen LogP contribution in [0.5, 0.6) is 5.75 Å². The number of benzene rings is 3.